The van der Waals surface area contributed by atoms with Gasteiger partial charge < -0.3 is 10.0 Å². The molecule has 2 aliphatic heterocycles. The van der Waals surface area contributed by atoms with Crippen LogP contribution in [0.15, 0.2) is 24.3 Å². The van der Waals surface area contributed by atoms with Crippen molar-refractivity contribution in [3.63, 3.8) is 0 Å². The average Bonchev–Trinajstić information content (AvgIpc) is 3.17. The minimum absolute atomic E-state index is 0.0417. The second kappa shape index (κ2) is 8.79. The van der Waals surface area contributed by atoms with Gasteiger partial charge in [0.15, 0.2) is 0 Å². The van der Waals surface area contributed by atoms with Gasteiger partial charge >= 0.3 is 0 Å². The number of hydrogen-bond donors (Lipinski definition) is 1. The van der Waals surface area contributed by atoms with Crippen LogP contribution in [0.25, 0.3) is 10.9 Å². The Labute approximate surface area is 179 Å². The lowest BCUT2D eigenvalue weighted by molar-refractivity contribution is 0.151. The molecule has 0 saturated carbocycles. The molecule has 0 radical (unpaired) electrons. The number of aromatic hydroxyl groups is 1. The van der Waals surface area contributed by atoms with Crippen LogP contribution >= 0.6 is 0 Å². The van der Waals surface area contributed by atoms with Gasteiger partial charge in [0.2, 0.25) is 5.88 Å². The highest BCUT2D eigenvalue weighted by Gasteiger charge is 2.41. The molecule has 160 valence electrons. The largest absolute Gasteiger partial charge is 0.493 e. The third-order valence-electron chi connectivity index (χ3n) is 6.74. The number of anilines is 1. The van der Waals surface area contributed by atoms with Gasteiger partial charge in [0, 0.05) is 54.9 Å². The molecule has 30 heavy (non-hydrogen) atoms. The fourth-order valence-electron chi connectivity index (χ4n) is 5.46. The van der Waals surface area contributed by atoms with Gasteiger partial charge in [-0.2, -0.15) is 5.26 Å². The second-order valence-electron chi connectivity index (χ2n) is 8.84. The van der Waals surface area contributed by atoms with Crippen LogP contribution in [-0.4, -0.2) is 70.7 Å². The summed E-state index contributed by atoms with van der Waals surface area (Å²) >= 11 is 0. The molecule has 0 aliphatic carbocycles. The SMILES string of the molecule is CCCN(CCC)C1CC2CN(c3ccc(C#N)c4nc(O)ccc34)CC(C)N2C1. The third kappa shape index (κ3) is 3.84. The van der Waals surface area contributed by atoms with Crippen LogP contribution < -0.4 is 4.90 Å². The monoisotopic (exact) mass is 407 g/mol. The van der Waals surface area contributed by atoms with Crippen molar-refractivity contribution in [2.24, 2.45) is 0 Å². The topological polar surface area (TPSA) is 66.6 Å². The van der Waals surface area contributed by atoms with Crippen LogP contribution in [0.3, 0.4) is 0 Å². The fraction of sp³-hybridized carbons (Fsp3) is 0.583. The van der Waals surface area contributed by atoms with Crippen molar-refractivity contribution in [2.75, 3.05) is 37.6 Å². The van der Waals surface area contributed by atoms with Crippen LogP contribution in [-0.2, 0) is 0 Å². The third-order valence-corrected chi connectivity index (χ3v) is 6.74. The molecule has 3 unspecified atom stereocenters. The van der Waals surface area contributed by atoms with Gasteiger partial charge in [-0.3, -0.25) is 9.80 Å². The Morgan fingerprint density at radius 3 is 2.60 bits per heavy atom. The van der Waals surface area contributed by atoms with Crippen molar-refractivity contribution in [1.82, 2.24) is 14.8 Å². The zero-order valence-electron chi connectivity index (χ0n) is 18.4. The quantitative estimate of drug-likeness (QED) is 0.789. The highest BCUT2D eigenvalue weighted by molar-refractivity contribution is 5.95. The van der Waals surface area contributed by atoms with Crippen molar-refractivity contribution in [3.05, 3.63) is 29.8 Å². The van der Waals surface area contributed by atoms with Crippen molar-refractivity contribution < 1.29 is 5.11 Å². The number of rotatable bonds is 6. The number of aromatic nitrogens is 1. The number of nitriles is 1. The summed E-state index contributed by atoms with van der Waals surface area (Å²) in [4.78, 5) is 12.1. The lowest BCUT2D eigenvalue weighted by Gasteiger charge is -2.43. The van der Waals surface area contributed by atoms with E-state index in [1.807, 2.05) is 12.1 Å². The molecule has 6 nitrogen and oxygen atoms in total. The van der Waals surface area contributed by atoms with E-state index in [2.05, 4.69) is 52.6 Å². The maximum atomic E-state index is 9.84. The summed E-state index contributed by atoms with van der Waals surface area (Å²) < 4.78 is 0. The first-order chi connectivity index (χ1) is 14.5. The van der Waals surface area contributed by atoms with Crippen LogP contribution in [0.4, 0.5) is 5.69 Å². The van der Waals surface area contributed by atoms with Gasteiger partial charge in [0.1, 0.15) is 6.07 Å². The van der Waals surface area contributed by atoms with Gasteiger partial charge in [0.05, 0.1) is 11.1 Å². The van der Waals surface area contributed by atoms with E-state index in [1.54, 1.807) is 6.07 Å². The van der Waals surface area contributed by atoms with E-state index < -0.39 is 0 Å². The van der Waals surface area contributed by atoms with Gasteiger partial charge in [0.25, 0.3) is 0 Å². The zero-order valence-corrected chi connectivity index (χ0v) is 18.4. The Morgan fingerprint density at radius 1 is 1.13 bits per heavy atom. The highest BCUT2D eigenvalue weighted by atomic mass is 16.3. The molecule has 1 aromatic heterocycles. The molecule has 2 aromatic rings. The Hall–Kier alpha value is -2.36. The summed E-state index contributed by atoms with van der Waals surface area (Å²) in [5, 5.41) is 20.2. The van der Waals surface area contributed by atoms with Crippen molar-refractivity contribution in [2.45, 2.75) is 58.2 Å². The van der Waals surface area contributed by atoms with Crippen LogP contribution in [0, 0.1) is 11.3 Å². The van der Waals surface area contributed by atoms with Crippen LogP contribution in [0.2, 0.25) is 0 Å². The molecule has 2 saturated heterocycles. The first-order valence-corrected chi connectivity index (χ1v) is 11.3. The van der Waals surface area contributed by atoms with Gasteiger partial charge in [-0.05, 0) is 57.5 Å². The molecule has 4 rings (SSSR count). The predicted octanol–water partition coefficient (Wildman–Crippen LogP) is 3.59. The van der Waals surface area contributed by atoms with Crippen molar-refractivity contribution in [1.29, 1.82) is 5.26 Å². The predicted molar refractivity (Wildman–Crippen MR) is 121 cm³/mol. The minimum Gasteiger partial charge on any atom is -0.493 e. The lowest BCUT2D eigenvalue weighted by Crippen LogP contribution is -2.55. The smallest absolute Gasteiger partial charge is 0.211 e. The van der Waals surface area contributed by atoms with E-state index in [9.17, 15) is 10.4 Å². The summed E-state index contributed by atoms with van der Waals surface area (Å²) in [5.74, 6) is -0.0417. The van der Waals surface area contributed by atoms with Crippen molar-refractivity contribution >= 4 is 16.6 Å². The summed E-state index contributed by atoms with van der Waals surface area (Å²) in [6.07, 6.45) is 3.63. The number of nitrogens with zero attached hydrogens (tertiary/aromatic N) is 5. The molecule has 2 fully saturated rings. The van der Waals surface area contributed by atoms with Gasteiger partial charge in [-0.1, -0.05) is 13.8 Å². The zero-order chi connectivity index (χ0) is 21.3. The average molecular weight is 408 g/mol. The number of hydrogen-bond acceptors (Lipinski definition) is 6. The second-order valence-corrected chi connectivity index (χ2v) is 8.84. The number of benzene rings is 1. The summed E-state index contributed by atoms with van der Waals surface area (Å²) in [6.45, 7) is 12.4. The summed E-state index contributed by atoms with van der Waals surface area (Å²) in [7, 11) is 0. The molecule has 0 amide bonds. The summed E-state index contributed by atoms with van der Waals surface area (Å²) in [6, 6.07) is 11.3. The van der Waals surface area contributed by atoms with Gasteiger partial charge in [-0.25, -0.2) is 4.98 Å². The maximum Gasteiger partial charge on any atom is 0.211 e. The minimum atomic E-state index is -0.0417. The Balaban J connectivity index is 1.60. The van der Waals surface area contributed by atoms with E-state index in [1.165, 1.54) is 38.9 Å². The van der Waals surface area contributed by atoms with E-state index in [4.69, 9.17) is 0 Å². The van der Waals surface area contributed by atoms with E-state index >= 15 is 0 Å². The molecule has 3 heterocycles. The number of pyridine rings is 1. The first-order valence-electron chi connectivity index (χ1n) is 11.3. The standard InChI is InChI=1S/C24H33N5O/c1-4-10-27(11-5-2)19-12-20-15-28(14-17(3)29(20)16-19)22-8-6-18(13-25)24-21(22)7-9-23(30)26-24/h6-9,17,19-20H,4-5,10-12,14-16H2,1-3H3,(H,26,30). The molecular formula is C24H33N5O. The molecular weight excluding hydrogens is 374 g/mol. The van der Waals surface area contributed by atoms with Crippen LogP contribution in [0.1, 0.15) is 45.6 Å². The first kappa shape index (κ1) is 20.9. The van der Waals surface area contributed by atoms with E-state index in [-0.39, 0.29) is 5.88 Å². The number of fused-ring (bicyclic) bond motifs is 2. The Kier molecular flexibility index (Phi) is 6.12. The van der Waals surface area contributed by atoms with Crippen LogP contribution in [0.5, 0.6) is 5.88 Å². The van der Waals surface area contributed by atoms with E-state index in [0.29, 0.717) is 29.2 Å². The molecule has 3 atom stereocenters. The molecule has 0 bridgehead atoms. The fourth-order valence-corrected chi connectivity index (χ4v) is 5.46. The molecule has 1 aromatic carbocycles. The molecule has 1 N–H and O–H groups in total. The summed E-state index contributed by atoms with van der Waals surface area (Å²) in [5.41, 5.74) is 2.21. The van der Waals surface area contributed by atoms with Crippen molar-refractivity contribution in [3.8, 4) is 11.9 Å². The highest BCUT2D eigenvalue weighted by Crippen LogP contribution is 2.35. The molecule has 2 aliphatic rings. The Morgan fingerprint density at radius 2 is 1.90 bits per heavy atom. The Bertz CT molecular complexity index is 933. The number of piperazine rings is 1. The van der Waals surface area contributed by atoms with E-state index in [0.717, 1.165) is 24.2 Å². The lowest BCUT2D eigenvalue weighted by atomic mass is 10.0. The normalized spacial score (nSPS) is 24.4. The maximum absolute atomic E-state index is 9.84. The molecule has 0 spiro atoms. The van der Waals surface area contributed by atoms with Gasteiger partial charge in [-0.15, -0.1) is 0 Å². The molecule has 6 heteroatoms.